The van der Waals surface area contributed by atoms with Crippen LogP contribution in [0.15, 0.2) is 52.7 Å². The van der Waals surface area contributed by atoms with Gasteiger partial charge in [-0.1, -0.05) is 5.16 Å². The number of rotatable bonds is 2. The fourth-order valence-electron chi connectivity index (χ4n) is 1.61. The Hall–Kier alpha value is -1.76. The van der Waals surface area contributed by atoms with Crippen molar-refractivity contribution in [1.29, 1.82) is 0 Å². The molecular formula is C15H12INO3. The van der Waals surface area contributed by atoms with Crippen molar-refractivity contribution in [3.63, 3.8) is 0 Å². The van der Waals surface area contributed by atoms with Crippen LogP contribution < -0.4 is 0 Å². The van der Waals surface area contributed by atoms with Crippen LogP contribution in [-0.4, -0.2) is 17.5 Å². The van der Waals surface area contributed by atoms with E-state index in [0.29, 0.717) is 22.4 Å². The summed E-state index contributed by atoms with van der Waals surface area (Å²) in [6.45, 7) is 3.49. The van der Waals surface area contributed by atoms with Gasteiger partial charge in [-0.25, -0.2) is 4.79 Å². The third kappa shape index (κ3) is 3.22. The number of hydrogen-bond acceptors (Lipinski definition) is 4. The smallest absolute Gasteiger partial charge is 0.312 e. The highest BCUT2D eigenvalue weighted by molar-refractivity contribution is 14.1. The predicted octanol–water partition coefficient (Wildman–Crippen LogP) is 3.28. The zero-order valence-electron chi connectivity index (χ0n) is 11.0. The molecule has 20 heavy (non-hydrogen) atoms. The molecule has 0 aromatic heterocycles. The molecule has 4 nitrogen and oxygen atoms in total. The number of halogens is 1. The molecule has 1 aromatic carbocycles. The Kier molecular flexibility index (Phi) is 4.49. The number of hydrogen-bond donors (Lipinski definition) is 0. The largest absolute Gasteiger partial charge is 0.365 e. The molecule has 0 bridgehead atoms. The molecule has 1 aliphatic rings. The molecule has 0 radical (unpaired) electrons. The van der Waals surface area contributed by atoms with E-state index in [2.05, 4.69) is 27.7 Å². The van der Waals surface area contributed by atoms with E-state index < -0.39 is 5.97 Å². The Bertz CT molecular complexity index is 654. The van der Waals surface area contributed by atoms with Crippen molar-refractivity contribution in [3.8, 4) is 0 Å². The molecule has 5 heteroatoms. The van der Waals surface area contributed by atoms with E-state index in [-0.39, 0.29) is 5.78 Å². The lowest BCUT2D eigenvalue weighted by Crippen LogP contribution is -2.12. The molecule has 0 spiro atoms. The van der Waals surface area contributed by atoms with Gasteiger partial charge in [0, 0.05) is 9.14 Å². The molecule has 0 unspecified atom stereocenters. The number of ketones is 1. The van der Waals surface area contributed by atoms with Gasteiger partial charge in [0.1, 0.15) is 5.71 Å². The number of allylic oxidation sites excluding steroid dienone is 4. The average molecular weight is 381 g/mol. The van der Waals surface area contributed by atoms with E-state index >= 15 is 0 Å². The molecule has 0 aliphatic heterocycles. The molecule has 0 amide bonds. The fraction of sp³-hybridized carbons (Fsp3) is 0.133. The van der Waals surface area contributed by atoms with Crippen LogP contribution in [0.25, 0.3) is 0 Å². The maximum Gasteiger partial charge on any atom is 0.365 e. The van der Waals surface area contributed by atoms with Crippen molar-refractivity contribution >= 4 is 40.1 Å². The first-order valence-electron chi connectivity index (χ1n) is 5.94. The first-order chi connectivity index (χ1) is 9.49. The van der Waals surface area contributed by atoms with Gasteiger partial charge >= 0.3 is 5.97 Å². The van der Waals surface area contributed by atoms with Crippen molar-refractivity contribution in [1.82, 2.24) is 0 Å². The summed E-state index contributed by atoms with van der Waals surface area (Å²) in [6.07, 6.45) is 2.96. The van der Waals surface area contributed by atoms with E-state index in [4.69, 9.17) is 4.84 Å². The summed E-state index contributed by atoms with van der Waals surface area (Å²) in [5.74, 6) is -0.574. The third-order valence-corrected chi connectivity index (χ3v) is 3.73. The van der Waals surface area contributed by atoms with Gasteiger partial charge in [-0.2, -0.15) is 0 Å². The first-order valence-corrected chi connectivity index (χ1v) is 7.02. The van der Waals surface area contributed by atoms with Gasteiger partial charge in [-0.05, 0) is 78.4 Å². The van der Waals surface area contributed by atoms with Gasteiger partial charge in [0.05, 0.1) is 5.56 Å². The van der Waals surface area contributed by atoms with Crippen molar-refractivity contribution in [2.24, 2.45) is 5.16 Å². The monoisotopic (exact) mass is 381 g/mol. The predicted molar refractivity (Wildman–Crippen MR) is 84.5 cm³/mol. The topological polar surface area (TPSA) is 55.7 Å². The molecule has 2 rings (SSSR count). The number of carbonyl (C=O) groups is 2. The summed E-state index contributed by atoms with van der Waals surface area (Å²) in [4.78, 5) is 28.2. The molecule has 0 heterocycles. The van der Waals surface area contributed by atoms with Crippen molar-refractivity contribution in [3.05, 3.63) is 56.7 Å². The van der Waals surface area contributed by atoms with Gasteiger partial charge < -0.3 is 4.84 Å². The van der Waals surface area contributed by atoms with Crippen molar-refractivity contribution in [2.75, 3.05) is 0 Å². The van der Waals surface area contributed by atoms with Gasteiger partial charge in [0.2, 0.25) is 0 Å². The molecule has 102 valence electrons. The molecule has 1 aliphatic carbocycles. The van der Waals surface area contributed by atoms with E-state index in [1.807, 2.05) is 12.1 Å². The maximum absolute atomic E-state index is 11.8. The zero-order chi connectivity index (χ0) is 14.7. The van der Waals surface area contributed by atoms with Crippen LogP contribution in [0.3, 0.4) is 0 Å². The van der Waals surface area contributed by atoms with Gasteiger partial charge in [-0.15, -0.1) is 0 Å². The van der Waals surface area contributed by atoms with E-state index in [9.17, 15) is 9.59 Å². The van der Waals surface area contributed by atoms with Crippen LogP contribution in [0.2, 0.25) is 0 Å². The Balaban J connectivity index is 2.14. The number of benzene rings is 1. The summed E-state index contributed by atoms with van der Waals surface area (Å²) in [5, 5.41) is 3.82. The lowest BCUT2D eigenvalue weighted by Gasteiger charge is -2.09. The molecule has 1 aromatic rings. The summed E-state index contributed by atoms with van der Waals surface area (Å²) in [7, 11) is 0. The second kappa shape index (κ2) is 6.13. The maximum atomic E-state index is 11.8. The van der Waals surface area contributed by atoms with Gasteiger partial charge in [0.15, 0.2) is 5.78 Å². The lowest BCUT2D eigenvalue weighted by atomic mass is 9.97. The van der Waals surface area contributed by atoms with Gasteiger partial charge in [0.25, 0.3) is 0 Å². The highest BCUT2D eigenvalue weighted by Crippen LogP contribution is 2.15. The van der Waals surface area contributed by atoms with Crippen LogP contribution in [-0.2, 0) is 9.63 Å². The molecule has 0 atom stereocenters. The second-order valence-corrected chi connectivity index (χ2v) is 5.56. The summed E-state index contributed by atoms with van der Waals surface area (Å²) < 4.78 is 1.04. The Morgan fingerprint density at radius 2 is 1.75 bits per heavy atom. The Morgan fingerprint density at radius 1 is 1.10 bits per heavy atom. The quantitative estimate of drug-likeness (QED) is 0.342. The molecular weight excluding hydrogens is 369 g/mol. The SMILES string of the molecule is CC1=C(C)C(=NOC(=O)c2ccc(I)cc2)C=CC1=O. The van der Waals surface area contributed by atoms with Gasteiger partial charge in [-0.3, -0.25) is 4.79 Å². The number of oxime groups is 1. The third-order valence-electron chi connectivity index (χ3n) is 3.02. The summed E-state index contributed by atoms with van der Waals surface area (Å²) in [5.41, 5.74) is 2.24. The van der Waals surface area contributed by atoms with Crippen molar-refractivity contribution in [2.45, 2.75) is 13.8 Å². The average Bonchev–Trinajstić information content (AvgIpc) is 2.44. The van der Waals surface area contributed by atoms with Crippen LogP contribution in [0.4, 0.5) is 0 Å². The highest BCUT2D eigenvalue weighted by Gasteiger charge is 2.15. The van der Waals surface area contributed by atoms with Crippen molar-refractivity contribution < 1.29 is 14.4 Å². The lowest BCUT2D eigenvalue weighted by molar-refractivity contribution is -0.111. The highest BCUT2D eigenvalue weighted by atomic mass is 127. The van der Waals surface area contributed by atoms with Crippen LogP contribution >= 0.6 is 22.6 Å². The first kappa shape index (κ1) is 14.6. The van der Waals surface area contributed by atoms with Crippen LogP contribution in [0, 0.1) is 3.57 Å². The van der Waals surface area contributed by atoms with Crippen LogP contribution in [0.5, 0.6) is 0 Å². The van der Waals surface area contributed by atoms with E-state index in [0.717, 1.165) is 3.57 Å². The molecule has 0 saturated heterocycles. The number of carbonyl (C=O) groups excluding carboxylic acids is 2. The fourth-order valence-corrected chi connectivity index (χ4v) is 1.97. The Labute approximate surface area is 130 Å². The summed E-state index contributed by atoms with van der Waals surface area (Å²) >= 11 is 2.16. The van der Waals surface area contributed by atoms with Crippen LogP contribution in [0.1, 0.15) is 24.2 Å². The Morgan fingerprint density at radius 3 is 2.40 bits per heavy atom. The molecule has 0 N–H and O–H groups in total. The minimum absolute atomic E-state index is 0.0505. The molecule has 0 fully saturated rings. The minimum atomic E-state index is -0.523. The zero-order valence-corrected chi connectivity index (χ0v) is 13.2. The number of nitrogens with zero attached hydrogens (tertiary/aromatic N) is 1. The molecule has 0 saturated carbocycles. The van der Waals surface area contributed by atoms with E-state index in [1.54, 1.807) is 32.1 Å². The minimum Gasteiger partial charge on any atom is -0.312 e. The second-order valence-electron chi connectivity index (χ2n) is 4.31. The summed E-state index contributed by atoms with van der Waals surface area (Å²) in [6, 6.07) is 6.99. The van der Waals surface area contributed by atoms with E-state index in [1.165, 1.54) is 6.08 Å². The normalized spacial score (nSPS) is 16.8. The standard InChI is InChI=1S/C15H12INO3/c1-9-10(2)14(18)8-7-13(9)17-20-15(19)11-3-5-12(16)6-4-11/h3-8H,1-2H3.